The van der Waals surface area contributed by atoms with Crippen molar-refractivity contribution in [1.29, 1.82) is 0 Å². The van der Waals surface area contributed by atoms with E-state index in [2.05, 4.69) is 15.4 Å². The van der Waals surface area contributed by atoms with Crippen LogP contribution in [0.3, 0.4) is 0 Å². The topological polar surface area (TPSA) is 102 Å². The van der Waals surface area contributed by atoms with Gasteiger partial charge in [0, 0.05) is 11.8 Å². The zero-order valence-corrected chi connectivity index (χ0v) is 15.3. The van der Waals surface area contributed by atoms with Gasteiger partial charge >= 0.3 is 0 Å². The summed E-state index contributed by atoms with van der Waals surface area (Å²) in [5.74, 6) is 1.11. The Bertz CT molecular complexity index is 1160. The SMILES string of the molecule is COc1cc(-c2nc(CNC(=O)c3cnn4ccccc34)c(C)o2)ccc1O. The highest BCUT2D eigenvalue weighted by atomic mass is 16.5. The smallest absolute Gasteiger partial charge is 0.255 e. The minimum absolute atomic E-state index is 0.0374. The molecule has 1 aromatic carbocycles. The van der Waals surface area contributed by atoms with Gasteiger partial charge in [0.15, 0.2) is 11.5 Å². The number of amides is 1. The minimum atomic E-state index is -0.239. The monoisotopic (exact) mass is 378 g/mol. The lowest BCUT2D eigenvalue weighted by atomic mass is 10.2. The van der Waals surface area contributed by atoms with Crippen molar-refractivity contribution in [3.8, 4) is 23.0 Å². The summed E-state index contributed by atoms with van der Waals surface area (Å²) in [5.41, 5.74) is 2.50. The summed E-state index contributed by atoms with van der Waals surface area (Å²) in [5, 5.41) is 16.7. The van der Waals surface area contributed by atoms with Crippen LogP contribution in [0.25, 0.3) is 17.0 Å². The molecule has 8 heteroatoms. The zero-order valence-electron chi connectivity index (χ0n) is 15.3. The van der Waals surface area contributed by atoms with Gasteiger partial charge in [0.2, 0.25) is 5.89 Å². The number of oxazole rings is 1. The van der Waals surface area contributed by atoms with Crippen molar-refractivity contribution in [2.24, 2.45) is 0 Å². The molecular formula is C20H18N4O4. The number of nitrogens with one attached hydrogen (secondary N) is 1. The van der Waals surface area contributed by atoms with Crippen molar-refractivity contribution in [2.75, 3.05) is 7.11 Å². The van der Waals surface area contributed by atoms with Crippen LogP contribution in [0.4, 0.5) is 0 Å². The van der Waals surface area contributed by atoms with E-state index in [1.165, 1.54) is 19.4 Å². The molecule has 0 aliphatic carbocycles. The van der Waals surface area contributed by atoms with Crippen LogP contribution in [0.2, 0.25) is 0 Å². The molecule has 4 aromatic rings. The van der Waals surface area contributed by atoms with Gasteiger partial charge in [0.05, 0.1) is 30.9 Å². The van der Waals surface area contributed by atoms with E-state index < -0.39 is 0 Å². The summed E-state index contributed by atoms with van der Waals surface area (Å²) >= 11 is 0. The number of phenols is 1. The predicted molar refractivity (Wildman–Crippen MR) is 101 cm³/mol. The fraction of sp³-hybridized carbons (Fsp3) is 0.150. The third-order valence-corrected chi connectivity index (χ3v) is 4.41. The first kappa shape index (κ1) is 17.6. The quantitative estimate of drug-likeness (QED) is 0.554. The van der Waals surface area contributed by atoms with E-state index in [0.717, 1.165) is 5.52 Å². The lowest BCUT2D eigenvalue weighted by Gasteiger charge is -2.04. The van der Waals surface area contributed by atoms with Crippen LogP contribution in [0, 0.1) is 6.92 Å². The van der Waals surface area contributed by atoms with Gasteiger partial charge in [0.25, 0.3) is 5.91 Å². The molecule has 0 fully saturated rings. The molecule has 0 bridgehead atoms. The van der Waals surface area contributed by atoms with E-state index in [9.17, 15) is 9.90 Å². The normalized spacial score (nSPS) is 10.9. The first-order valence-electron chi connectivity index (χ1n) is 8.61. The second-order valence-corrected chi connectivity index (χ2v) is 6.18. The standard InChI is InChI=1S/C20H18N4O4/c1-12-15(23-20(28-12)13-6-7-17(25)18(9-13)27-2)11-21-19(26)14-10-22-24-8-4-3-5-16(14)24/h3-10,25H,11H2,1-2H3,(H,21,26). The number of hydrogen-bond acceptors (Lipinski definition) is 6. The fourth-order valence-electron chi connectivity index (χ4n) is 2.89. The number of nitrogens with zero attached hydrogens (tertiary/aromatic N) is 3. The minimum Gasteiger partial charge on any atom is -0.504 e. The number of aromatic nitrogens is 3. The number of aryl methyl sites for hydroxylation is 1. The number of benzene rings is 1. The highest BCUT2D eigenvalue weighted by Gasteiger charge is 2.16. The lowest BCUT2D eigenvalue weighted by Crippen LogP contribution is -2.23. The van der Waals surface area contributed by atoms with Crippen LogP contribution in [-0.4, -0.2) is 32.7 Å². The Morgan fingerprint density at radius 2 is 2.18 bits per heavy atom. The second kappa shape index (κ2) is 7.07. The summed E-state index contributed by atoms with van der Waals surface area (Å²) in [6.45, 7) is 2.00. The largest absolute Gasteiger partial charge is 0.504 e. The fourth-order valence-corrected chi connectivity index (χ4v) is 2.89. The van der Waals surface area contributed by atoms with E-state index in [0.29, 0.717) is 34.2 Å². The highest BCUT2D eigenvalue weighted by molar-refractivity contribution is 6.00. The van der Waals surface area contributed by atoms with Gasteiger partial charge in [-0.05, 0) is 37.3 Å². The number of hydrogen-bond donors (Lipinski definition) is 2. The van der Waals surface area contributed by atoms with E-state index in [1.54, 1.807) is 29.8 Å². The molecule has 0 saturated carbocycles. The third-order valence-electron chi connectivity index (χ3n) is 4.41. The predicted octanol–water partition coefficient (Wildman–Crippen LogP) is 2.94. The van der Waals surface area contributed by atoms with Crippen molar-refractivity contribution in [3.05, 3.63) is 65.8 Å². The Balaban J connectivity index is 1.52. The molecule has 0 aliphatic heterocycles. The Labute approximate surface area is 160 Å². The molecule has 3 heterocycles. The number of ether oxygens (including phenoxy) is 1. The second-order valence-electron chi connectivity index (χ2n) is 6.18. The Morgan fingerprint density at radius 3 is 3.00 bits per heavy atom. The van der Waals surface area contributed by atoms with Gasteiger partial charge in [-0.2, -0.15) is 5.10 Å². The van der Waals surface area contributed by atoms with Crippen molar-refractivity contribution >= 4 is 11.4 Å². The number of aromatic hydroxyl groups is 1. The number of fused-ring (bicyclic) bond motifs is 1. The van der Waals surface area contributed by atoms with E-state index in [-0.39, 0.29) is 18.2 Å². The number of phenolic OH excluding ortho intramolecular Hbond substituents is 1. The van der Waals surface area contributed by atoms with Gasteiger partial charge in [-0.15, -0.1) is 0 Å². The average Bonchev–Trinajstić information content (AvgIpc) is 3.30. The van der Waals surface area contributed by atoms with Crippen LogP contribution in [0.15, 0.2) is 53.2 Å². The molecule has 0 spiro atoms. The van der Waals surface area contributed by atoms with Crippen LogP contribution < -0.4 is 10.1 Å². The molecule has 0 saturated heterocycles. The van der Waals surface area contributed by atoms with Crippen LogP contribution in [-0.2, 0) is 6.54 Å². The maximum atomic E-state index is 12.5. The number of methoxy groups -OCH3 is 1. The summed E-state index contributed by atoms with van der Waals surface area (Å²) in [6, 6.07) is 10.4. The van der Waals surface area contributed by atoms with Crippen molar-refractivity contribution in [3.63, 3.8) is 0 Å². The Kier molecular flexibility index (Phi) is 4.44. The van der Waals surface area contributed by atoms with E-state index in [1.807, 2.05) is 18.2 Å². The highest BCUT2D eigenvalue weighted by Crippen LogP contribution is 2.31. The number of carbonyl (C=O) groups excluding carboxylic acids is 1. The van der Waals surface area contributed by atoms with Gasteiger partial charge in [-0.3, -0.25) is 4.79 Å². The van der Waals surface area contributed by atoms with Gasteiger partial charge < -0.3 is 19.6 Å². The molecule has 1 amide bonds. The third kappa shape index (κ3) is 3.16. The molecular weight excluding hydrogens is 360 g/mol. The number of rotatable bonds is 5. The first-order chi connectivity index (χ1) is 13.6. The summed E-state index contributed by atoms with van der Waals surface area (Å²) in [7, 11) is 1.47. The van der Waals surface area contributed by atoms with Crippen LogP contribution >= 0.6 is 0 Å². The van der Waals surface area contributed by atoms with Crippen LogP contribution in [0.1, 0.15) is 21.8 Å². The summed E-state index contributed by atoms with van der Waals surface area (Å²) in [6.07, 6.45) is 3.32. The molecule has 4 rings (SSSR count). The van der Waals surface area contributed by atoms with E-state index in [4.69, 9.17) is 9.15 Å². The lowest BCUT2D eigenvalue weighted by molar-refractivity contribution is 0.0952. The average molecular weight is 378 g/mol. The van der Waals surface area contributed by atoms with Crippen molar-refractivity contribution in [1.82, 2.24) is 19.9 Å². The molecule has 28 heavy (non-hydrogen) atoms. The van der Waals surface area contributed by atoms with Gasteiger partial charge in [0.1, 0.15) is 11.5 Å². The van der Waals surface area contributed by atoms with E-state index >= 15 is 0 Å². The number of pyridine rings is 1. The van der Waals surface area contributed by atoms with Crippen LogP contribution in [0.5, 0.6) is 11.5 Å². The van der Waals surface area contributed by atoms with Crippen molar-refractivity contribution in [2.45, 2.75) is 13.5 Å². The maximum Gasteiger partial charge on any atom is 0.255 e. The zero-order chi connectivity index (χ0) is 19.7. The molecule has 0 unspecified atom stereocenters. The molecule has 8 nitrogen and oxygen atoms in total. The molecule has 3 aromatic heterocycles. The van der Waals surface area contributed by atoms with Gasteiger partial charge in [-0.25, -0.2) is 9.50 Å². The number of carbonyl (C=O) groups is 1. The molecule has 0 aliphatic rings. The molecule has 142 valence electrons. The summed E-state index contributed by atoms with van der Waals surface area (Å²) < 4.78 is 12.5. The molecule has 0 radical (unpaired) electrons. The molecule has 0 atom stereocenters. The maximum absolute atomic E-state index is 12.5. The summed E-state index contributed by atoms with van der Waals surface area (Å²) in [4.78, 5) is 17.0. The first-order valence-corrected chi connectivity index (χ1v) is 8.61. The Hall–Kier alpha value is -3.81. The van der Waals surface area contributed by atoms with Crippen molar-refractivity contribution < 1.29 is 19.1 Å². The Morgan fingerprint density at radius 1 is 1.32 bits per heavy atom. The molecule has 2 N–H and O–H groups in total. The van der Waals surface area contributed by atoms with Gasteiger partial charge in [-0.1, -0.05) is 6.07 Å².